The Kier molecular flexibility index (Phi) is 4.36. The molecule has 0 aliphatic carbocycles. The van der Waals surface area contributed by atoms with Crippen molar-refractivity contribution in [1.82, 2.24) is 20.4 Å². The molecule has 5 heteroatoms. The molecule has 0 radical (unpaired) electrons. The SMILES string of the molecule is Cc1nn(C)cc1CNC(=O)CCC1CCNC1. The lowest BCUT2D eigenvalue weighted by molar-refractivity contribution is -0.121. The number of carbonyl (C=O) groups excluding carboxylic acids is 1. The fraction of sp³-hybridized carbons (Fsp3) is 0.692. The number of hydrogen-bond donors (Lipinski definition) is 2. The van der Waals surface area contributed by atoms with Gasteiger partial charge >= 0.3 is 0 Å². The van der Waals surface area contributed by atoms with E-state index in [0.29, 0.717) is 18.9 Å². The second-order valence-corrected chi connectivity index (χ2v) is 5.09. The number of nitrogens with zero attached hydrogens (tertiary/aromatic N) is 2. The van der Waals surface area contributed by atoms with Crippen molar-refractivity contribution in [3.63, 3.8) is 0 Å². The van der Waals surface area contributed by atoms with Gasteiger partial charge in [0, 0.05) is 31.8 Å². The molecule has 1 atom stereocenters. The van der Waals surface area contributed by atoms with E-state index in [0.717, 1.165) is 30.8 Å². The summed E-state index contributed by atoms with van der Waals surface area (Å²) in [5.41, 5.74) is 2.08. The molecule has 1 aliphatic rings. The third kappa shape index (κ3) is 3.57. The molecule has 100 valence electrons. The molecule has 1 unspecified atom stereocenters. The fourth-order valence-corrected chi connectivity index (χ4v) is 2.40. The van der Waals surface area contributed by atoms with Gasteiger partial charge < -0.3 is 10.6 Å². The minimum atomic E-state index is 0.144. The van der Waals surface area contributed by atoms with Gasteiger partial charge in [-0.2, -0.15) is 5.10 Å². The Bertz CT molecular complexity index is 407. The molecule has 1 saturated heterocycles. The third-order valence-electron chi connectivity index (χ3n) is 3.53. The van der Waals surface area contributed by atoms with E-state index in [9.17, 15) is 4.79 Å². The van der Waals surface area contributed by atoms with E-state index in [1.54, 1.807) is 4.68 Å². The van der Waals surface area contributed by atoms with Gasteiger partial charge in [0.05, 0.1) is 5.69 Å². The summed E-state index contributed by atoms with van der Waals surface area (Å²) >= 11 is 0. The van der Waals surface area contributed by atoms with Crippen molar-refractivity contribution in [3.05, 3.63) is 17.5 Å². The van der Waals surface area contributed by atoms with Crippen molar-refractivity contribution in [3.8, 4) is 0 Å². The van der Waals surface area contributed by atoms with Gasteiger partial charge in [-0.1, -0.05) is 0 Å². The van der Waals surface area contributed by atoms with Crippen molar-refractivity contribution in [2.45, 2.75) is 32.7 Å². The van der Waals surface area contributed by atoms with E-state index >= 15 is 0 Å². The molecule has 1 aromatic rings. The van der Waals surface area contributed by atoms with Gasteiger partial charge in [-0.3, -0.25) is 9.48 Å². The van der Waals surface area contributed by atoms with Crippen molar-refractivity contribution >= 4 is 5.91 Å². The van der Waals surface area contributed by atoms with Crippen molar-refractivity contribution in [2.24, 2.45) is 13.0 Å². The number of aromatic nitrogens is 2. The van der Waals surface area contributed by atoms with E-state index < -0.39 is 0 Å². The van der Waals surface area contributed by atoms with Gasteiger partial charge in [-0.05, 0) is 38.8 Å². The molecule has 1 amide bonds. The van der Waals surface area contributed by atoms with Gasteiger partial charge in [0.15, 0.2) is 0 Å². The Morgan fingerprint density at radius 2 is 2.50 bits per heavy atom. The summed E-state index contributed by atoms with van der Waals surface area (Å²) in [6, 6.07) is 0. The summed E-state index contributed by atoms with van der Waals surface area (Å²) in [7, 11) is 1.89. The minimum absolute atomic E-state index is 0.144. The highest BCUT2D eigenvalue weighted by molar-refractivity contribution is 5.75. The van der Waals surface area contributed by atoms with Crippen LogP contribution in [0, 0.1) is 12.8 Å². The van der Waals surface area contributed by atoms with Crippen LogP contribution in [0.15, 0.2) is 6.20 Å². The molecule has 1 aliphatic heterocycles. The smallest absolute Gasteiger partial charge is 0.220 e. The van der Waals surface area contributed by atoms with Crippen LogP contribution >= 0.6 is 0 Å². The highest BCUT2D eigenvalue weighted by Gasteiger charge is 2.15. The number of amides is 1. The van der Waals surface area contributed by atoms with Gasteiger partial charge in [-0.25, -0.2) is 0 Å². The maximum absolute atomic E-state index is 11.7. The highest BCUT2D eigenvalue weighted by Crippen LogP contribution is 2.14. The number of carbonyl (C=O) groups is 1. The molecule has 2 heterocycles. The van der Waals surface area contributed by atoms with Gasteiger partial charge in [0.25, 0.3) is 0 Å². The molecule has 1 aromatic heterocycles. The zero-order valence-corrected chi connectivity index (χ0v) is 11.2. The summed E-state index contributed by atoms with van der Waals surface area (Å²) in [6.45, 7) is 4.71. The van der Waals surface area contributed by atoms with Gasteiger partial charge in [0.2, 0.25) is 5.91 Å². The molecule has 0 aromatic carbocycles. The lowest BCUT2D eigenvalue weighted by Crippen LogP contribution is -2.23. The molecule has 1 fully saturated rings. The number of hydrogen-bond acceptors (Lipinski definition) is 3. The molecule has 2 rings (SSSR count). The average molecular weight is 250 g/mol. The summed E-state index contributed by atoms with van der Waals surface area (Å²) in [5, 5.41) is 10.5. The van der Waals surface area contributed by atoms with Crippen LogP contribution in [0.4, 0.5) is 0 Å². The highest BCUT2D eigenvalue weighted by atomic mass is 16.1. The first-order valence-corrected chi connectivity index (χ1v) is 6.61. The Hall–Kier alpha value is -1.36. The van der Waals surface area contributed by atoms with Crippen LogP contribution in [-0.2, 0) is 18.4 Å². The molecular weight excluding hydrogens is 228 g/mol. The fourth-order valence-electron chi connectivity index (χ4n) is 2.40. The van der Waals surface area contributed by atoms with Crippen LogP contribution in [0.25, 0.3) is 0 Å². The van der Waals surface area contributed by atoms with Crippen molar-refractivity contribution < 1.29 is 4.79 Å². The first-order valence-electron chi connectivity index (χ1n) is 6.61. The number of rotatable bonds is 5. The Labute approximate surface area is 108 Å². The normalized spacial score (nSPS) is 19.1. The quantitative estimate of drug-likeness (QED) is 0.810. The Morgan fingerprint density at radius 1 is 1.67 bits per heavy atom. The van der Waals surface area contributed by atoms with Gasteiger partial charge in [-0.15, -0.1) is 0 Å². The summed E-state index contributed by atoms with van der Waals surface area (Å²) in [5.74, 6) is 0.820. The second kappa shape index (κ2) is 6.00. The minimum Gasteiger partial charge on any atom is -0.352 e. The zero-order valence-electron chi connectivity index (χ0n) is 11.2. The molecule has 5 nitrogen and oxygen atoms in total. The Morgan fingerprint density at radius 3 is 3.11 bits per heavy atom. The Balaban J connectivity index is 1.69. The standard InChI is InChI=1S/C13H22N4O/c1-10-12(9-17(2)16-10)8-15-13(18)4-3-11-5-6-14-7-11/h9,11,14H,3-8H2,1-2H3,(H,15,18). The molecular formula is C13H22N4O. The summed E-state index contributed by atoms with van der Waals surface area (Å²) in [6.07, 6.45) is 4.78. The van der Waals surface area contributed by atoms with E-state index in [-0.39, 0.29) is 5.91 Å². The van der Waals surface area contributed by atoms with E-state index in [4.69, 9.17) is 0 Å². The number of aryl methyl sites for hydroxylation is 2. The van der Waals surface area contributed by atoms with Crippen LogP contribution in [-0.4, -0.2) is 28.8 Å². The summed E-state index contributed by atoms with van der Waals surface area (Å²) in [4.78, 5) is 11.7. The van der Waals surface area contributed by atoms with Crippen LogP contribution < -0.4 is 10.6 Å². The predicted molar refractivity (Wildman–Crippen MR) is 70.0 cm³/mol. The van der Waals surface area contributed by atoms with Crippen LogP contribution in [0.1, 0.15) is 30.5 Å². The lowest BCUT2D eigenvalue weighted by atomic mass is 10.0. The molecule has 18 heavy (non-hydrogen) atoms. The van der Waals surface area contributed by atoms with E-state index in [1.165, 1.54) is 6.42 Å². The maximum atomic E-state index is 11.7. The largest absolute Gasteiger partial charge is 0.352 e. The second-order valence-electron chi connectivity index (χ2n) is 5.09. The molecule has 0 spiro atoms. The molecule has 2 N–H and O–H groups in total. The van der Waals surface area contributed by atoms with E-state index in [2.05, 4.69) is 15.7 Å². The van der Waals surface area contributed by atoms with Crippen LogP contribution in [0.5, 0.6) is 0 Å². The topological polar surface area (TPSA) is 59.0 Å². The van der Waals surface area contributed by atoms with E-state index in [1.807, 2.05) is 20.2 Å². The van der Waals surface area contributed by atoms with Crippen LogP contribution in [0.3, 0.4) is 0 Å². The first-order chi connectivity index (χ1) is 8.65. The van der Waals surface area contributed by atoms with Crippen molar-refractivity contribution in [2.75, 3.05) is 13.1 Å². The molecule has 0 bridgehead atoms. The lowest BCUT2D eigenvalue weighted by Gasteiger charge is -2.08. The zero-order chi connectivity index (χ0) is 13.0. The molecule has 0 saturated carbocycles. The summed E-state index contributed by atoms with van der Waals surface area (Å²) < 4.78 is 1.78. The third-order valence-corrected chi connectivity index (χ3v) is 3.53. The number of nitrogens with one attached hydrogen (secondary N) is 2. The van der Waals surface area contributed by atoms with Crippen molar-refractivity contribution in [1.29, 1.82) is 0 Å². The maximum Gasteiger partial charge on any atom is 0.220 e. The average Bonchev–Trinajstić information content (AvgIpc) is 2.94. The predicted octanol–water partition coefficient (Wildman–Crippen LogP) is 0.734. The van der Waals surface area contributed by atoms with Crippen LogP contribution in [0.2, 0.25) is 0 Å². The first kappa shape index (κ1) is 13.1. The van der Waals surface area contributed by atoms with Gasteiger partial charge in [0.1, 0.15) is 0 Å². The monoisotopic (exact) mass is 250 g/mol.